The molecule has 63 heavy (non-hydrogen) atoms. The molecule has 4 nitrogen and oxygen atoms in total. The van der Waals surface area contributed by atoms with Crippen molar-refractivity contribution in [3.05, 3.63) is 96.0 Å². The minimum absolute atomic E-state index is 0.142. The molecule has 5 aliphatic rings. The van der Waals surface area contributed by atoms with Crippen molar-refractivity contribution in [2.24, 2.45) is 21.7 Å². The van der Waals surface area contributed by atoms with Crippen LogP contribution in [0.15, 0.2) is 24.3 Å². The molecule has 0 bridgehead atoms. The highest BCUT2D eigenvalue weighted by Gasteiger charge is 2.71. The topological polar surface area (TPSA) is 43.6 Å². The van der Waals surface area contributed by atoms with Crippen LogP contribution in [0.4, 0.5) is 5.69 Å². The van der Waals surface area contributed by atoms with Crippen molar-refractivity contribution in [3.8, 4) is 0 Å². The maximum absolute atomic E-state index is 13.7. The summed E-state index contributed by atoms with van der Waals surface area (Å²) < 4.78 is 2.89. The summed E-state index contributed by atoms with van der Waals surface area (Å²) in [5.74, 6) is -0.879. The van der Waals surface area contributed by atoms with Gasteiger partial charge in [-0.3, -0.25) is 0 Å². The summed E-state index contributed by atoms with van der Waals surface area (Å²) in [6.07, 6.45) is 0.798. The number of carboxylic acid groups (broad SMARTS) is 1. The van der Waals surface area contributed by atoms with Gasteiger partial charge in [-0.25, -0.2) is 9.37 Å². The third-order valence-electron chi connectivity index (χ3n) is 23.5. The van der Waals surface area contributed by atoms with Crippen LogP contribution >= 0.6 is 0 Å². The van der Waals surface area contributed by atoms with Crippen molar-refractivity contribution in [1.29, 1.82) is 0 Å². The van der Waals surface area contributed by atoms with E-state index in [1.807, 2.05) is 12.1 Å². The van der Waals surface area contributed by atoms with Crippen LogP contribution in [0.5, 0.6) is 0 Å². The Hall–Kier alpha value is -3.40. The zero-order chi connectivity index (χ0) is 47.9. The number of benzene rings is 3. The highest BCUT2D eigenvalue weighted by molar-refractivity contribution is 6.00. The molecule has 3 aromatic rings. The molecule has 0 unspecified atom stereocenters. The molecule has 342 valence electrons. The lowest BCUT2D eigenvalue weighted by Crippen LogP contribution is -2.79. The van der Waals surface area contributed by atoms with Crippen LogP contribution in [-0.2, 0) is 28.1 Å². The average molecular weight is 854 g/mol. The van der Waals surface area contributed by atoms with Crippen molar-refractivity contribution >= 4 is 17.2 Å². The van der Waals surface area contributed by atoms with E-state index in [1.54, 1.807) is 0 Å². The van der Waals surface area contributed by atoms with Crippen molar-refractivity contribution in [1.82, 2.24) is 4.58 Å². The van der Waals surface area contributed by atoms with Gasteiger partial charge in [-0.15, -0.1) is 0 Å². The summed E-state index contributed by atoms with van der Waals surface area (Å²) in [6.45, 7) is 65.1. The molecule has 0 fully saturated rings. The summed E-state index contributed by atoms with van der Waals surface area (Å²) in [4.78, 5) is 16.6. The predicted molar refractivity (Wildman–Crippen MR) is 267 cm³/mol. The first-order valence-corrected chi connectivity index (χ1v) is 24.3. The van der Waals surface area contributed by atoms with Gasteiger partial charge in [-0.05, 0) is 131 Å². The van der Waals surface area contributed by atoms with Crippen LogP contribution in [-0.4, -0.2) is 33.2 Å². The van der Waals surface area contributed by atoms with E-state index in [-0.39, 0.29) is 65.5 Å². The summed E-state index contributed by atoms with van der Waals surface area (Å²) >= 11 is 0. The molecular formula is C59H85N2O2+. The quantitative estimate of drug-likeness (QED) is 0.204. The van der Waals surface area contributed by atoms with E-state index in [0.717, 1.165) is 17.6 Å². The molecule has 4 aliphatic heterocycles. The lowest BCUT2D eigenvalue weighted by Gasteiger charge is -2.73. The molecule has 3 aromatic carbocycles. The summed E-state index contributed by atoms with van der Waals surface area (Å²) in [5.41, 5.74) is 13.8. The van der Waals surface area contributed by atoms with E-state index in [1.165, 1.54) is 66.3 Å². The fourth-order valence-corrected chi connectivity index (χ4v) is 15.6. The number of rotatable bonds is 2. The Morgan fingerprint density at radius 1 is 0.540 bits per heavy atom. The minimum atomic E-state index is -0.879. The second-order valence-corrected chi connectivity index (χ2v) is 27.5. The largest absolute Gasteiger partial charge is 0.478 e. The van der Waals surface area contributed by atoms with Crippen molar-refractivity contribution in [2.45, 2.75) is 230 Å². The predicted octanol–water partition coefficient (Wildman–Crippen LogP) is 12.8. The van der Waals surface area contributed by atoms with Gasteiger partial charge in [0.15, 0.2) is 11.1 Å². The first kappa shape index (κ1) is 46.1. The fourth-order valence-electron chi connectivity index (χ4n) is 15.6. The molecular weight excluding hydrogens is 769 g/mol. The zero-order valence-electron chi connectivity index (χ0n) is 44.8. The summed E-state index contributed by atoms with van der Waals surface area (Å²) in [7, 11) is 0. The zero-order valence-corrected chi connectivity index (χ0v) is 44.8. The number of aromatic carboxylic acids is 1. The van der Waals surface area contributed by atoms with Crippen LogP contribution in [0.25, 0.3) is 5.57 Å². The summed E-state index contributed by atoms with van der Waals surface area (Å²) in [6, 6.07) is 7.94. The number of fused-ring (bicyclic) bond motifs is 4. The summed E-state index contributed by atoms with van der Waals surface area (Å²) in [5, 5.41) is 13.9. The smallest absolute Gasteiger partial charge is 0.336 e. The van der Waals surface area contributed by atoms with Gasteiger partial charge in [0, 0.05) is 77.2 Å². The Labute approximate surface area is 383 Å². The first-order valence-electron chi connectivity index (χ1n) is 24.3. The number of hydrogen-bond donors (Lipinski definition) is 1. The number of carbonyl (C=O) groups is 1. The molecule has 4 heterocycles. The van der Waals surface area contributed by atoms with Crippen molar-refractivity contribution < 1.29 is 9.90 Å². The van der Waals surface area contributed by atoms with Gasteiger partial charge in [0.25, 0.3) is 0 Å². The maximum Gasteiger partial charge on any atom is 0.336 e. The molecule has 1 aliphatic carbocycles. The number of anilines is 1. The molecule has 4 heteroatoms. The van der Waals surface area contributed by atoms with E-state index < -0.39 is 5.97 Å². The van der Waals surface area contributed by atoms with Crippen LogP contribution < -0.4 is 20.1 Å². The van der Waals surface area contributed by atoms with Gasteiger partial charge in [0.2, 0.25) is 5.36 Å². The average Bonchev–Trinajstić information content (AvgIpc) is 3.11. The van der Waals surface area contributed by atoms with Gasteiger partial charge >= 0.3 is 5.97 Å². The number of carboxylic acids is 1. The molecule has 0 aromatic heterocycles. The third-order valence-corrected chi connectivity index (χ3v) is 23.5. The minimum Gasteiger partial charge on any atom is -0.478 e. The van der Waals surface area contributed by atoms with Gasteiger partial charge in [-0.2, -0.15) is 0 Å². The lowest BCUT2D eigenvalue weighted by atomic mass is 9.44. The molecule has 0 spiro atoms. The lowest BCUT2D eigenvalue weighted by molar-refractivity contribution is -0.0626. The standard InChI is InChI=1S/C59H84N2O2/c1-32-38-36(43-45-41(32)48(3,4)52(11,12)56(19,20)60(45)58(23,24)54(15,16)50(43,7)8)31-37-39(40(38)34-29-27-28-30-35(34)47(62)63)33(2)42-46-44(37)51(9,10)55(17,18)59(25,26)61(46)57(21,22)53(13,14)49(42,5)6/h27-30H,31H2,1-26H3/p+1. The highest BCUT2D eigenvalue weighted by Crippen LogP contribution is 2.70. The van der Waals surface area contributed by atoms with Gasteiger partial charge in [0.1, 0.15) is 0 Å². The van der Waals surface area contributed by atoms with E-state index in [9.17, 15) is 9.90 Å². The maximum atomic E-state index is 13.7. The van der Waals surface area contributed by atoms with Gasteiger partial charge in [-0.1, -0.05) is 129 Å². The monoisotopic (exact) mass is 854 g/mol. The van der Waals surface area contributed by atoms with Crippen molar-refractivity contribution in [3.63, 3.8) is 0 Å². The van der Waals surface area contributed by atoms with Crippen LogP contribution in [0.2, 0.25) is 0 Å². The van der Waals surface area contributed by atoms with E-state index in [2.05, 4.69) is 202 Å². The Morgan fingerprint density at radius 3 is 1.44 bits per heavy atom. The second-order valence-electron chi connectivity index (χ2n) is 27.5. The molecule has 0 saturated carbocycles. The number of hydrogen-bond acceptors (Lipinski definition) is 2. The van der Waals surface area contributed by atoms with Crippen LogP contribution in [0, 0.1) is 35.5 Å². The molecule has 0 radical (unpaired) electrons. The third kappa shape index (κ3) is 4.53. The first-order chi connectivity index (χ1) is 28.1. The Balaban J connectivity index is 1.80. The Bertz CT molecular complexity index is 2730. The highest BCUT2D eigenvalue weighted by atomic mass is 16.4. The number of nitrogens with zero attached hydrogens (tertiary/aromatic N) is 2. The normalized spacial score (nSPS) is 26.5. The second kappa shape index (κ2) is 11.9. The van der Waals surface area contributed by atoms with Crippen LogP contribution in [0.3, 0.4) is 0 Å². The molecule has 0 saturated heterocycles. The Kier molecular flexibility index (Phi) is 8.75. The molecule has 0 amide bonds. The molecule has 0 atom stereocenters. The van der Waals surface area contributed by atoms with Crippen molar-refractivity contribution in [2.75, 3.05) is 4.90 Å². The molecule has 1 N–H and O–H groups in total. The fraction of sp³-hybridized carbons (Fsp3) is 0.661. The van der Waals surface area contributed by atoms with E-state index in [4.69, 9.17) is 0 Å². The van der Waals surface area contributed by atoms with E-state index in [0.29, 0.717) is 5.56 Å². The molecule has 8 rings (SSSR count). The van der Waals surface area contributed by atoms with Gasteiger partial charge < -0.3 is 10.0 Å². The SMILES string of the molecule is Cc1c2c(c3c4c1C(C)(C)C(C)(C)C(C)(C)N4C(C)(C)C(C)(C)C3(C)C)Cc1c3c4c(c(C)c1=C2c1ccccc1C(=O)O)C(C)(C)C(C)(C)C(C)(C)[N+]=4C(C)(C)C(C)(C)C3(C)C. The van der Waals surface area contributed by atoms with Gasteiger partial charge in [0.05, 0.1) is 5.56 Å². The Morgan fingerprint density at radius 2 is 0.968 bits per heavy atom. The van der Waals surface area contributed by atoms with E-state index >= 15 is 0 Å². The van der Waals surface area contributed by atoms with Crippen LogP contribution in [0.1, 0.15) is 232 Å².